The molecule has 0 amide bonds. The van der Waals surface area contributed by atoms with Gasteiger partial charge in [-0.3, -0.25) is 9.37 Å². The third-order valence-electron chi connectivity index (χ3n) is 9.55. The predicted molar refractivity (Wildman–Crippen MR) is 217 cm³/mol. The standard InChI is InChI=1S/C37H32N3O.C11H7FN.Ir/c1-22(2)30-20-26(25-12-7-6-8-13-25)21-31(23(3)4)34(30)40-33-17-10-9-16-32(33)39-36(40)29-15-11-14-27-28-19-18-24(5)38-37(28)41-35(27)29;12-10-6-2-1-5-9(10)11-7-3-4-8-13-11;/h6-14,16-23H,1-5H3;1-4,6-8H;/q2*-1;/i5D3;;. The SMILES string of the molecule is Fc1ccc[c-]c1-c1ccccn1.[2H]C([2H])([2H])c1ccc2c(n1)oc1c(-c3nc4ccccc4n3-c3c(C(C)C)cc(-c4ccccc4)cc3C(C)C)[c-]ccc12.[Ir]. The van der Waals surface area contributed by atoms with Gasteiger partial charge in [-0.1, -0.05) is 98.8 Å². The van der Waals surface area contributed by atoms with Crippen LogP contribution in [0.25, 0.3) is 72.6 Å². The molecular formula is C48H39FIrN4O-2. The third-order valence-corrected chi connectivity index (χ3v) is 9.55. The Morgan fingerprint density at radius 3 is 2.15 bits per heavy atom. The Balaban J connectivity index is 0.000000311. The predicted octanol–water partition coefficient (Wildman–Crippen LogP) is 12.7. The zero-order valence-corrected chi connectivity index (χ0v) is 33.2. The van der Waals surface area contributed by atoms with Crippen molar-refractivity contribution in [2.45, 2.75) is 46.4 Å². The van der Waals surface area contributed by atoms with E-state index in [1.165, 1.54) is 28.3 Å². The maximum absolute atomic E-state index is 13.2. The number of pyridine rings is 2. The van der Waals surface area contributed by atoms with Crippen molar-refractivity contribution in [1.29, 1.82) is 0 Å². The summed E-state index contributed by atoms with van der Waals surface area (Å²) in [6, 6.07) is 46.7. The monoisotopic (exact) mass is 902 g/mol. The van der Waals surface area contributed by atoms with Gasteiger partial charge in [0.15, 0.2) is 0 Å². The molecule has 9 aromatic rings. The summed E-state index contributed by atoms with van der Waals surface area (Å²) in [7, 11) is 0. The minimum Gasteiger partial charge on any atom is -0.486 e. The van der Waals surface area contributed by atoms with Gasteiger partial charge in [0.2, 0.25) is 5.71 Å². The Morgan fingerprint density at radius 1 is 0.709 bits per heavy atom. The zero-order valence-electron chi connectivity index (χ0n) is 33.8. The van der Waals surface area contributed by atoms with Gasteiger partial charge in [0, 0.05) is 53.0 Å². The topological polar surface area (TPSA) is 56.7 Å². The van der Waals surface area contributed by atoms with Gasteiger partial charge in [-0.25, -0.2) is 4.98 Å². The van der Waals surface area contributed by atoms with Crippen molar-refractivity contribution >= 4 is 33.1 Å². The van der Waals surface area contributed by atoms with E-state index in [-0.39, 0.29) is 49.2 Å². The normalized spacial score (nSPS) is 12.3. The van der Waals surface area contributed by atoms with E-state index in [4.69, 9.17) is 13.5 Å². The van der Waals surface area contributed by atoms with Gasteiger partial charge in [-0.15, -0.1) is 42.5 Å². The van der Waals surface area contributed by atoms with Crippen LogP contribution in [0.15, 0.2) is 138 Å². The minimum absolute atomic E-state index is 0. The number of fused-ring (bicyclic) bond motifs is 4. The fourth-order valence-electron chi connectivity index (χ4n) is 6.95. The van der Waals surface area contributed by atoms with Crippen LogP contribution in [0.5, 0.6) is 0 Å². The van der Waals surface area contributed by atoms with Crippen molar-refractivity contribution in [2.75, 3.05) is 0 Å². The van der Waals surface area contributed by atoms with Gasteiger partial charge < -0.3 is 14.0 Å². The van der Waals surface area contributed by atoms with Crippen LogP contribution in [0.4, 0.5) is 4.39 Å². The Kier molecular flexibility index (Phi) is 9.78. The van der Waals surface area contributed by atoms with E-state index in [1.54, 1.807) is 42.6 Å². The van der Waals surface area contributed by atoms with E-state index in [0.717, 1.165) is 27.5 Å². The van der Waals surface area contributed by atoms with Crippen molar-refractivity contribution in [3.05, 3.63) is 168 Å². The number of hydrogen-bond acceptors (Lipinski definition) is 4. The summed E-state index contributed by atoms with van der Waals surface area (Å²) in [5, 5.41) is 1.59. The first-order valence-electron chi connectivity index (χ1n) is 19.5. The van der Waals surface area contributed by atoms with Crippen LogP contribution in [0.1, 0.15) is 60.5 Å². The Morgan fingerprint density at radius 2 is 1.44 bits per heavy atom. The minimum atomic E-state index is -2.33. The van der Waals surface area contributed by atoms with Crippen LogP contribution < -0.4 is 0 Å². The summed E-state index contributed by atoms with van der Waals surface area (Å²) < 4.78 is 45.3. The molecule has 1 radical (unpaired) electrons. The summed E-state index contributed by atoms with van der Waals surface area (Å²) in [6.07, 6.45) is 1.63. The summed E-state index contributed by atoms with van der Waals surface area (Å²) >= 11 is 0. The molecule has 0 bridgehead atoms. The van der Waals surface area contributed by atoms with E-state index in [0.29, 0.717) is 28.2 Å². The molecule has 7 heteroatoms. The molecule has 0 unspecified atom stereocenters. The molecule has 0 atom stereocenters. The van der Waals surface area contributed by atoms with Gasteiger partial charge in [-0.2, -0.15) is 0 Å². The molecule has 4 aromatic heterocycles. The number of furan rings is 1. The number of aromatic nitrogens is 4. The molecule has 5 nitrogen and oxygen atoms in total. The molecule has 0 saturated carbocycles. The van der Waals surface area contributed by atoms with Crippen molar-refractivity contribution in [3.8, 4) is 39.5 Å². The number of nitrogens with zero attached hydrogens (tertiary/aromatic N) is 4. The van der Waals surface area contributed by atoms with Crippen LogP contribution in [0, 0.1) is 24.8 Å². The van der Waals surface area contributed by atoms with Crippen LogP contribution in [-0.4, -0.2) is 19.5 Å². The summed E-state index contributed by atoms with van der Waals surface area (Å²) in [6.45, 7) is 6.60. The zero-order chi connectivity index (χ0) is 39.8. The Labute approximate surface area is 338 Å². The number of imidazole rings is 1. The molecule has 0 spiro atoms. The van der Waals surface area contributed by atoms with Crippen molar-refractivity contribution in [1.82, 2.24) is 19.5 Å². The van der Waals surface area contributed by atoms with Gasteiger partial charge in [0.1, 0.15) is 0 Å². The molecule has 0 saturated heterocycles. The molecule has 9 rings (SSSR count). The summed E-state index contributed by atoms with van der Waals surface area (Å²) in [5.74, 6) is 0.881. The fraction of sp³-hybridized carbons (Fsp3) is 0.146. The quantitative estimate of drug-likeness (QED) is 0.156. The van der Waals surface area contributed by atoms with Crippen molar-refractivity contribution < 1.29 is 33.0 Å². The van der Waals surface area contributed by atoms with Crippen LogP contribution in [0.3, 0.4) is 0 Å². The molecule has 0 aliphatic rings. The fourth-order valence-corrected chi connectivity index (χ4v) is 6.95. The largest absolute Gasteiger partial charge is 0.486 e. The number of hydrogen-bond donors (Lipinski definition) is 0. The maximum atomic E-state index is 13.2. The van der Waals surface area contributed by atoms with Gasteiger partial charge in [0.25, 0.3) is 0 Å². The molecule has 5 aromatic carbocycles. The molecule has 0 aliphatic carbocycles. The van der Waals surface area contributed by atoms with Crippen LogP contribution in [0.2, 0.25) is 0 Å². The molecular weight excluding hydrogens is 860 g/mol. The van der Waals surface area contributed by atoms with Crippen LogP contribution >= 0.6 is 0 Å². The number of halogens is 1. The van der Waals surface area contributed by atoms with E-state index < -0.39 is 6.85 Å². The van der Waals surface area contributed by atoms with E-state index in [2.05, 4.69) is 96.8 Å². The summed E-state index contributed by atoms with van der Waals surface area (Å²) in [4.78, 5) is 13.6. The molecule has 0 aliphatic heterocycles. The van der Waals surface area contributed by atoms with E-state index in [1.807, 2.05) is 42.5 Å². The molecule has 0 N–H and O–H groups in total. The van der Waals surface area contributed by atoms with Crippen molar-refractivity contribution in [2.24, 2.45) is 0 Å². The average Bonchev–Trinajstić information content (AvgIpc) is 3.79. The second-order valence-electron chi connectivity index (χ2n) is 13.8. The maximum Gasteiger partial charge on any atom is 0.216 e. The van der Waals surface area contributed by atoms with Crippen LogP contribution in [-0.2, 0) is 20.1 Å². The number of benzene rings is 5. The molecule has 4 heterocycles. The second kappa shape index (κ2) is 15.9. The summed E-state index contributed by atoms with van der Waals surface area (Å²) in [5.41, 5.74) is 10.4. The first-order chi connectivity index (χ1) is 27.5. The smallest absolute Gasteiger partial charge is 0.216 e. The first kappa shape index (κ1) is 33.8. The Bertz CT molecular complexity index is 2840. The first-order valence-corrected chi connectivity index (χ1v) is 18.0. The molecule has 275 valence electrons. The third kappa shape index (κ3) is 7.26. The second-order valence-corrected chi connectivity index (χ2v) is 13.8. The van der Waals surface area contributed by atoms with Gasteiger partial charge in [0.05, 0.1) is 22.4 Å². The van der Waals surface area contributed by atoms with E-state index in [9.17, 15) is 4.39 Å². The van der Waals surface area contributed by atoms with Crippen molar-refractivity contribution in [3.63, 3.8) is 0 Å². The number of aryl methyl sites for hydroxylation is 1. The average molecular weight is 902 g/mol. The molecule has 0 fully saturated rings. The van der Waals surface area contributed by atoms with Gasteiger partial charge in [-0.05, 0) is 89.1 Å². The molecule has 55 heavy (non-hydrogen) atoms. The Hall–Kier alpha value is -5.75. The van der Waals surface area contributed by atoms with E-state index >= 15 is 0 Å². The number of rotatable bonds is 6. The number of para-hydroxylation sites is 2. The van der Waals surface area contributed by atoms with Gasteiger partial charge >= 0.3 is 0 Å².